The first-order chi connectivity index (χ1) is 12.6. The average molecular weight is 372 g/mol. The van der Waals surface area contributed by atoms with E-state index in [1.54, 1.807) is 6.08 Å². The summed E-state index contributed by atoms with van der Waals surface area (Å²) in [4.78, 5) is 11.9. The second-order valence-corrected chi connectivity index (χ2v) is 7.39. The van der Waals surface area contributed by atoms with Crippen molar-refractivity contribution in [3.05, 3.63) is 48.3 Å². The van der Waals surface area contributed by atoms with Gasteiger partial charge in [0.05, 0.1) is 5.75 Å². The van der Waals surface area contributed by atoms with Crippen LogP contribution in [-0.4, -0.2) is 32.5 Å². The van der Waals surface area contributed by atoms with E-state index in [0.717, 1.165) is 30.0 Å². The number of nitrogens with zero attached hydrogens (tertiary/aromatic N) is 3. The minimum absolute atomic E-state index is 0.0382. The zero-order valence-electron chi connectivity index (χ0n) is 15.1. The summed E-state index contributed by atoms with van der Waals surface area (Å²) >= 11 is 1.39. The molecule has 1 amide bonds. The SMILES string of the molecule is C=CCn1c(SCC(=O)NC2CC2)nnc1C(C)Oc1cccc(C)c1. The Labute approximate surface area is 158 Å². The number of rotatable bonds is 9. The van der Waals surface area contributed by atoms with Gasteiger partial charge in [0.25, 0.3) is 0 Å². The van der Waals surface area contributed by atoms with E-state index in [1.807, 2.05) is 42.7 Å². The maximum absolute atomic E-state index is 11.9. The molecule has 3 rings (SSSR count). The third-order valence-corrected chi connectivity index (χ3v) is 4.96. The highest BCUT2D eigenvalue weighted by atomic mass is 32.2. The predicted octanol–water partition coefficient (Wildman–Crippen LogP) is 3.28. The van der Waals surface area contributed by atoms with Gasteiger partial charge in [-0.05, 0) is 44.4 Å². The lowest BCUT2D eigenvalue weighted by Crippen LogP contribution is -2.27. The highest BCUT2D eigenvalue weighted by Crippen LogP contribution is 2.25. The molecule has 1 aliphatic carbocycles. The number of aromatic nitrogens is 3. The van der Waals surface area contributed by atoms with Crippen molar-refractivity contribution in [1.29, 1.82) is 0 Å². The van der Waals surface area contributed by atoms with Crippen LogP contribution < -0.4 is 10.1 Å². The second-order valence-electron chi connectivity index (χ2n) is 6.45. The monoisotopic (exact) mass is 372 g/mol. The fourth-order valence-electron chi connectivity index (χ4n) is 2.58. The molecule has 7 heteroatoms. The fraction of sp³-hybridized carbons (Fsp3) is 0.421. The molecule has 26 heavy (non-hydrogen) atoms. The second kappa shape index (κ2) is 8.40. The number of ether oxygens (including phenoxy) is 1. The van der Waals surface area contributed by atoms with Crippen molar-refractivity contribution < 1.29 is 9.53 Å². The molecule has 138 valence electrons. The third-order valence-electron chi connectivity index (χ3n) is 4.00. The number of nitrogens with one attached hydrogen (secondary N) is 1. The van der Waals surface area contributed by atoms with Crippen LogP contribution in [0.5, 0.6) is 5.75 Å². The molecular formula is C19H24N4O2S. The number of amides is 1. The summed E-state index contributed by atoms with van der Waals surface area (Å²) in [5.41, 5.74) is 1.14. The highest BCUT2D eigenvalue weighted by molar-refractivity contribution is 7.99. The molecule has 1 aromatic carbocycles. The first kappa shape index (κ1) is 18.5. The minimum atomic E-state index is -0.265. The molecule has 0 bridgehead atoms. The van der Waals surface area contributed by atoms with Crippen LogP contribution in [0.25, 0.3) is 0 Å². The molecule has 0 aliphatic heterocycles. The molecule has 1 fully saturated rings. The van der Waals surface area contributed by atoms with Crippen LogP contribution in [0.15, 0.2) is 42.1 Å². The van der Waals surface area contributed by atoms with E-state index in [4.69, 9.17) is 4.74 Å². The molecule has 1 aliphatic rings. The van der Waals surface area contributed by atoms with Gasteiger partial charge in [-0.25, -0.2) is 0 Å². The Kier molecular flexibility index (Phi) is 5.98. The van der Waals surface area contributed by atoms with Crippen molar-refractivity contribution >= 4 is 17.7 Å². The van der Waals surface area contributed by atoms with Gasteiger partial charge in [-0.1, -0.05) is 30.0 Å². The smallest absolute Gasteiger partial charge is 0.230 e. The van der Waals surface area contributed by atoms with Gasteiger partial charge in [0.2, 0.25) is 5.91 Å². The maximum Gasteiger partial charge on any atom is 0.230 e. The molecule has 2 aromatic rings. The molecule has 1 N–H and O–H groups in total. The van der Waals surface area contributed by atoms with E-state index >= 15 is 0 Å². The van der Waals surface area contributed by atoms with Gasteiger partial charge in [-0.3, -0.25) is 9.36 Å². The first-order valence-electron chi connectivity index (χ1n) is 8.76. The summed E-state index contributed by atoms with van der Waals surface area (Å²) in [6.45, 7) is 8.35. The van der Waals surface area contributed by atoms with Crippen molar-refractivity contribution in [2.45, 2.75) is 50.5 Å². The summed E-state index contributed by atoms with van der Waals surface area (Å²) in [7, 11) is 0. The number of carbonyl (C=O) groups is 1. The van der Waals surface area contributed by atoms with Crippen LogP contribution in [0.3, 0.4) is 0 Å². The number of carbonyl (C=O) groups excluding carboxylic acids is 1. The molecule has 0 spiro atoms. The van der Waals surface area contributed by atoms with Crippen LogP contribution in [-0.2, 0) is 11.3 Å². The Balaban J connectivity index is 1.68. The molecule has 1 unspecified atom stereocenters. The van der Waals surface area contributed by atoms with Crippen LogP contribution in [0.2, 0.25) is 0 Å². The standard InChI is InChI=1S/C19H24N4O2S/c1-4-10-23-18(14(3)25-16-7-5-6-13(2)11-16)21-22-19(23)26-12-17(24)20-15-8-9-15/h4-7,11,14-15H,1,8-10,12H2,2-3H3,(H,20,24). The molecular weight excluding hydrogens is 348 g/mol. The van der Waals surface area contributed by atoms with Crippen molar-refractivity contribution in [1.82, 2.24) is 20.1 Å². The quantitative estimate of drug-likeness (QED) is 0.540. The van der Waals surface area contributed by atoms with Gasteiger partial charge in [0.1, 0.15) is 5.75 Å². The Morgan fingerprint density at radius 3 is 3.00 bits per heavy atom. The van der Waals surface area contributed by atoms with E-state index in [2.05, 4.69) is 22.1 Å². The van der Waals surface area contributed by atoms with Crippen LogP contribution in [0.1, 0.15) is 37.3 Å². The van der Waals surface area contributed by atoms with Crippen LogP contribution in [0, 0.1) is 6.92 Å². The summed E-state index contributed by atoms with van der Waals surface area (Å²) in [6, 6.07) is 8.27. The first-order valence-corrected chi connectivity index (χ1v) is 9.75. The molecule has 6 nitrogen and oxygen atoms in total. The van der Waals surface area contributed by atoms with Gasteiger partial charge in [0.15, 0.2) is 17.1 Å². The van der Waals surface area contributed by atoms with Crippen molar-refractivity contribution in [3.8, 4) is 5.75 Å². The summed E-state index contributed by atoms with van der Waals surface area (Å²) < 4.78 is 7.97. The normalized spacial score (nSPS) is 14.7. The maximum atomic E-state index is 11.9. The van der Waals surface area contributed by atoms with E-state index < -0.39 is 0 Å². The fourth-order valence-corrected chi connectivity index (χ4v) is 3.35. The third kappa shape index (κ3) is 4.88. The Hall–Kier alpha value is -2.28. The average Bonchev–Trinajstić information content (AvgIpc) is 3.32. The predicted molar refractivity (Wildman–Crippen MR) is 102 cm³/mol. The minimum Gasteiger partial charge on any atom is -0.483 e. The van der Waals surface area contributed by atoms with Crippen LogP contribution >= 0.6 is 11.8 Å². The van der Waals surface area contributed by atoms with Crippen molar-refractivity contribution in [2.75, 3.05) is 5.75 Å². The van der Waals surface area contributed by atoms with Gasteiger partial charge in [-0.15, -0.1) is 16.8 Å². The molecule has 0 radical (unpaired) electrons. The molecule has 1 atom stereocenters. The Morgan fingerprint density at radius 1 is 1.50 bits per heavy atom. The number of thioether (sulfide) groups is 1. The highest BCUT2D eigenvalue weighted by Gasteiger charge is 2.24. The lowest BCUT2D eigenvalue weighted by atomic mass is 10.2. The van der Waals surface area contributed by atoms with Gasteiger partial charge >= 0.3 is 0 Å². The zero-order valence-corrected chi connectivity index (χ0v) is 16.0. The number of aryl methyl sites for hydroxylation is 1. The van der Waals surface area contributed by atoms with Gasteiger partial charge < -0.3 is 10.1 Å². The number of benzene rings is 1. The zero-order chi connectivity index (χ0) is 18.5. The number of hydrogen-bond acceptors (Lipinski definition) is 5. The van der Waals surface area contributed by atoms with Crippen LogP contribution in [0.4, 0.5) is 0 Å². The van der Waals surface area contributed by atoms with E-state index in [0.29, 0.717) is 23.5 Å². The largest absolute Gasteiger partial charge is 0.483 e. The number of allylic oxidation sites excluding steroid dienone is 1. The molecule has 1 aromatic heterocycles. The molecule has 0 saturated heterocycles. The lowest BCUT2D eigenvalue weighted by molar-refractivity contribution is -0.118. The van der Waals surface area contributed by atoms with E-state index in [9.17, 15) is 4.79 Å². The van der Waals surface area contributed by atoms with E-state index in [-0.39, 0.29) is 12.0 Å². The Bertz CT molecular complexity index is 786. The molecule has 1 saturated carbocycles. The molecule has 1 heterocycles. The van der Waals surface area contributed by atoms with E-state index in [1.165, 1.54) is 11.8 Å². The topological polar surface area (TPSA) is 69.0 Å². The Morgan fingerprint density at radius 2 is 2.31 bits per heavy atom. The summed E-state index contributed by atoms with van der Waals surface area (Å²) in [5.74, 6) is 1.88. The number of hydrogen-bond donors (Lipinski definition) is 1. The van der Waals surface area contributed by atoms with Crippen molar-refractivity contribution in [2.24, 2.45) is 0 Å². The summed E-state index contributed by atoms with van der Waals surface area (Å²) in [5, 5.41) is 12.2. The van der Waals surface area contributed by atoms with Gasteiger partial charge in [0, 0.05) is 12.6 Å². The summed E-state index contributed by atoms with van der Waals surface area (Å²) in [6.07, 6.45) is 3.70. The lowest BCUT2D eigenvalue weighted by Gasteiger charge is -2.16. The van der Waals surface area contributed by atoms with Crippen molar-refractivity contribution in [3.63, 3.8) is 0 Å². The van der Waals surface area contributed by atoms with Gasteiger partial charge in [-0.2, -0.15) is 0 Å².